The van der Waals surface area contributed by atoms with Gasteiger partial charge in [0.2, 0.25) is 0 Å². The topological polar surface area (TPSA) is 104 Å². The van der Waals surface area contributed by atoms with Crippen LogP contribution in [0.4, 0.5) is 5.82 Å². The van der Waals surface area contributed by atoms with Crippen LogP contribution in [0, 0.1) is 6.92 Å². The first-order chi connectivity index (χ1) is 10.0. The number of hydrogen-bond donors (Lipinski definition) is 2. The van der Waals surface area contributed by atoms with Crippen LogP contribution in [0.5, 0.6) is 5.75 Å². The van der Waals surface area contributed by atoms with Crippen LogP contribution >= 0.6 is 0 Å². The summed E-state index contributed by atoms with van der Waals surface area (Å²) in [6, 6.07) is 8.36. The lowest BCUT2D eigenvalue weighted by Gasteiger charge is -2.07. The van der Waals surface area contributed by atoms with Crippen molar-refractivity contribution in [1.29, 1.82) is 0 Å². The van der Waals surface area contributed by atoms with Crippen LogP contribution in [0.15, 0.2) is 41.5 Å². The number of pyridine rings is 1. The number of carbonyl (C=O) groups is 1. The van der Waals surface area contributed by atoms with Gasteiger partial charge in [-0.25, -0.2) is 4.98 Å². The fourth-order valence-electron chi connectivity index (χ4n) is 1.80. The van der Waals surface area contributed by atoms with Gasteiger partial charge in [-0.05, 0) is 30.7 Å². The van der Waals surface area contributed by atoms with Crippen LogP contribution in [-0.4, -0.2) is 23.8 Å². The van der Waals surface area contributed by atoms with E-state index < -0.39 is 5.91 Å². The standard InChI is InChI=1S/C15H16N4O2/c1-9-3-4-10(7-12(9)21-2)14(17)19-15(20)11-5-6-18-13(16)8-11/h3-8H,1-2H3,(H2,16,18)(H2,17,19,20). The van der Waals surface area contributed by atoms with Crippen LogP contribution in [0.2, 0.25) is 0 Å². The van der Waals surface area contributed by atoms with E-state index in [1.54, 1.807) is 19.2 Å². The number of aromatic nitrogens is 1. The molecule has 0 radical (unpaired) electrons. The maximum Gasteiger partial charge on any atom is 0.279 e. The van der Waals surface area contributed by atoms with Gasteiger partial charge in [0.1, 0.15) is 17.4 Å². The molecule has 108 valence electrons. The third-order valence-corrected chi connectivity index (χ3v) is 2.95. The molecule has 0 saturated heterocycles. The molecule has 4 N–H and O–H groups in total. The fraction of sp³-hybridized carbons (Fsp3) is 0.133. The Morgan fingerprint density at radius 2 is 2.00 bits per heavy atom. The average Bonchev–Trinajstić information content (AvgIpc) is 2.47. The maximum atomic E-state index is 12.0. The molecule has 0 aliphatic heterocycles. The summed E-state index contributed by atoms with van der Waals surface area (Å²) in [7, 11) is 1.57. The molecule has 0 atom stereocenters. The summed E-state index contributed by atoms with van der Waals surface area (Å²) >= 11 is 0. The van der Waals surface area contributed by atoms with Crippen molar-refractivity contribution in [2.45, 2.75) is 6.92 Å². The van der Waals surface area contributed by atoms with Crippen molar-refractivity contribution in [3.05, 3.63) is 53.2 Å². The van der Waals surface area contributed by atoms with Crippen molar-refractivity contribution < 1.29 is 9.53 Å². The number of aliphatic imine (C=N–C) groups is 1. The van der Waals surface area contributed by atoms with Gasteiger partial charge in [0.25, 0.3) is 5.91 Å². The van der Waals surface area contributed by atoms with E-state index in [-0.39, 0.29) is 11.7 Å². The summed E-state index contributed by atoms with van der Waals surface area (Å²) < 4.78 is 5.22. The fourth-order valence-corrected chi connectivity index (χ4v) is 1.80. The van der Waals surface area contributed by atoms with E-state index in [1.807, 2.05) is 13.0 Å². The number of methoxy groups -OCH3 is 1. The number of benzene rings is 1. The molecule has 0 aliphatic rings. The van der Waals surface area contributed by atoms with Crippen molar-refractivity contribution >= 4 is 17.6 Å². The number of amidine groups is 1. The number of carbonyl (C=O) groups excluding carboxylic acids is 1. The van der Waals surface area contributed by atoms with Crippen LogP contribution < -0.4 is 16.2 Å². The molecule has 1 aromatic heterocycles. The van der Waals surface area contributed by atoms with E-state index in [9.17, 15) is 4.79 Å². The van der Waals surface area contributed by atoms with Crippen molar-refractivity contribution in [2.24, 2.45) is 10.7 Å². The zero-order valence-corrected chi connectivity index (χ0v) is 11.8. The molecule has 2 aromatic rings. The number of rotatable bonds is 3. The Kier molecular flexibility index (Phi) is 4.18. The monoisotopic (exact) mass is 284 g/mol. The zero-order valence-electron chi connectivity index (χ0n) is 11.8. The Hall–Kier alpha value is -2.89. The lowest BCUT2D eigenvalue weighted by Crippen LogP contribution is -2.16. The smallest absolute Gasteiger partial charge is 0.279 e. The minimum absolute atomic E-state index is 0.119. The van der Waals surface area contributed by atoms with Crippen LogP contribution in [0.25, 0.3) is 0 Å². The Balaban J connectivity index is 2.30. The van der Waals surface area contributed by atoms with E-state index in [1.165, 1.54) is 18.3 Å². The van der Waals surface area contributed by atoms with Gasteiger partial charge >= 0.3 is 0 Å². The second-order valence-electron chi connectivity index (χ2n) is 4.46. The molecule has 1 amide bonds. The molecule has 0 bridgehead atoms. The van der Waals surface area contributed by atoms with Crippen molar-refractivity contribution in [1.82, 2.24) is 4.98 Å². The molecule has 0 fully saturated rings. The number of nitrogens with two attached hydrogens (primary N) is 2. The SMILES string of the molecule is COc1cc(C(N)=NC(=O)c2ccnc(N)c2)ccc1C. The lowest BCUT2D eigenvalue weighted by atomic mass is 10.1. The average molecular weight is 284 g/mol. The highest BCUT2D eigenvalue weighted by Crippen LogP contribution is 2.19. The van der Waals surface area contributed by atoms with E-state index in [4.69, 9.17) is 16.2 Å². The Labute approximate surface area is 122 Å². The first-order valence-electron chi connectivity index (χ1n) is 6.26. The molecule has 2 rings (SSSR count). The number of hydrogen-bond acceptors (Lipinski definition) is 4. The highest BCUT2D eigenvalue weighted by atomic mass is 16.5. The maximum absolute atomic E-state index is 12.0. The molecule has 1 aromatic carbocycles. The van der Waals surface area contributed by atoms with Crippen molar-refractivity contribution in [3.63, 3.8) is 0 Å². The number of anilines is 1. The molecule has 0 unspecified atom stereocenters. The predicted octanol–water partition coefficient (Wildman–Crippen LogP) is 1.53. The summed E-state index contributed by atoms with van der Waals surface area (Å²) in [5, 5.41) is 0. The summed E-state index contributed by atoms with van der Waals surface area (Å²) in [6.45, 7) is 1.92. The number of ether oxygens (including phenoxy) is 1. The largest absolute Gasteiger partial charge is 0.496 e. The summed E-state index contributed by atoms with van der Waals surface area (Å²) in [4.78, 5) is 19.7. The number of nitrogens with zero attached hydrogens (tertiary/aromatic N) is 2. The van der Waals surface area contributed by atoms with Crippen LogP contribution in [0.1, 0.15) is 21.5 Å². The van der Waals surface area contributed by atoms with Crippen LogP contribution in [-0.2, 0) is 0 Å². The number of nitrogen functional groups attached to an aromatic ring is 1. The Morgan fingerprint density at radius 3 is 2.67 bits per heavy atom. The van der Waals surface area contributed by atoms with E-state index in [0.29, 0.717) is 16.9 Å². The summed E-state index contributed by atoms with van der Waals surface area (Å²) in [5.74, 6) is 0.590. The van der Waals surface area contributed by atoms with Gasteiger partial charge in [-0.3, -0.25) is 4.79 Å². The molecule has 21 heavy (non-hydrogen) atoms. The van der Waals surface area contributed by atoms with E-state index in [0.717, 1.165) is 5.56 Å². The molecular formula is C15H16N4O2. The summed E-state index contributed by atoms with van der Waals surface area (Å²) in [6.07, 6.45) is 1.45. The summed E-state index contributed by atoms with van der Waals surface area (Å²) in [5.41, 5.74) is 13.3. The molecule has 0 aliphatic carbocycles. The Morgan fingerprint density at radius 1 is 1.24 bits per heavy atom. The van der Waals surface area contributed by atoms with Gasteiger partial charge < -0.3 is 16.2 Å². The van der Waals surface area contributed by atoms with Gasteiger partial charge in [0.05, 0.1) is 7.11 Å². The lowest BCUT2D eigenvalue weighted by molar-refractivity contribution is 0.100. The highest BCUT2D eigenvalue weighted by molar-refractivity contribution is 6.09. The van der Waals surface area contributed by atoms with Gasteiger partial charge in [-0.1, -0.05) is 12.1 Å². The number of amides is 1. The van der Waals surface area contributed by atoms with Crippen molar-refractivity contribution in [3.8, 4) is 5.75 Å². The second kappa shape index (κ2) is 6.04. The normalized spacial score (nSPS) is 11.2. The first-order valence-corrected chi connectivity index (χ1v) is 6.26. The predicted molar refractivity (Wildman–Crippen MR) is 81.4 cm³/mol. The molecule has 6 nitrogen and oxygen atoms in total. The minimum atomic E-state index is -0.471. The van der Waals surface area contributed by atoms with Gasteiger partial charge in [0.15, 0.2) is 0 Å². The highest BCUT2D eigenvalue weighted by Gasteiger charge is 2.08. The second-order valence-corrected chi connectivity index (χ2v) is 4.46. The molecule has 6 heteroatoms. The first kappa shape index (κ1) is 14.5. The quantitative estimate of drug-likeness (QED) is 0.657. The molecule has 0 saturated carbocycles. The van der Waals surface area contributed by atoms with Gasteiger partial charge in [0, 0.05) is 17.3 Å². The van der Waals surface area contributed by atoms with Crippen LogP contribution in [0.3, 0.4) is 0 Å². The van der Waals surface area contributed by atoms with Gasteiger partial charge in [-0.2, -0.15) is 4.99 Å². The zero-order chi connectivity index (χ0) is 15.4. The molecule has 1 heterocycles. The number of aryl methyl sites for hydroxylation is 1. The minimum Gasteiger partial charge on any atom is -0.496 e. The van der Waals surface area contributed by atoms with E-state index in [2.05, 4.69) is 9.98 Å². The third-order valence-electron chi connectivity index (χ3n) is 2.95. The molecule has 0 spiro atoms. The molecular weight excluding hydrogens is 268 g/mol. The van der Waals surface area contributed by atoms with Gasteiger partial charge in [-0.15, -0.1) is 0 Å². The third kappa shape index (κ3) is 3.36. The Bertz CT molecular complexity index is 711. The van der Waals surface area contributed by atoms with Crippen molar-refractivity contribution in [2.75, 3.05) is 12.8 Å². The van der Waals surface area contributed by atoms with E-state index >= 15 is 0 Å².